The molecule has 3 N–H and O–H groups in total. The third-order valence-corrected chi connectivity index (χ3v) is 3.90. The third-order valence-electron chi connectivity index (χ3n) is 3.90. The number of hydrogen-bond donors (Lipinski definition) is 2. The highest BCUT2D eigenvalue weighted by Gasteiger charge is 2.24. The number of hydrogen-bond acceptors (Lipinski definition) is 4. The average Bonchev–Trinajstić information content (AvgIpc) is 2.36. The Morgan fingerprint density at radius 1 is 1.58 bits per heavy atom. The summed E-state index contributed by atoms with van der Waals surface area (Å²) >= 11 is 0. The highest BCUT2D eigenvalue weighted by molar-refractivity contribution is 5.96. The Bertz CT molecular complexity index is 475. The maximum absolute atomic E-state index is 12.3. The van der Waals surface area contributed by atoms with Crippen LogP contribution in [0.3, 0.4) is 0 Å². The fraction of sp³-hybridized carbons (Fsp3) is 0.571. The normalized spacial score (nSPS) is 24.2. The van der Waals surface area contributed by atoms with Gasteiger partial charge < -0.3 is 16.0 Å². The molecule has 1 aromatic rings. The Balaban J connectivity index is 2.03. The van der Waals surface area contributed by atoms with Crippen LogP contribution in [-0.4, -0.2) is 41.5 Å². The number of likely N-dealkylation sites (tertiary alicyclic amines) is 1. The molecule has 0 saturated carbocycles. The standard InChI is InChI=1S/C14H22N4O/c1-9-6-12(4-5-18(9)3)17-14(19)13-7-11(15)8-16-10(13)2/h7-9,12H,4-6,15H2,1-3H3,(H,17,19). The number of aryl methyl sites for hydroxylation is 1. The zero-order valence-corrected chi connectivity index (χ0v) is 11.8. The molecule has 0 radical (unpaired) electrons. The number of nitrogens with zero attached hydrogens (tertiary/aromatic N) is 2. The largest absolute Gasteiger partial charge is 0.397 e. The van der Waals surface area contributed by atoms with Crippen molar-refractivity contribution >= 4 is 11.6 Å². The molecular weight excluding hydrogens is 240 g/mol. The number of nitrogens with two attached hydrogens (primary N) is 1. The second-order valence-corrected chi connectivity index (χ2v) is 5.43. The van der Waals surface area contributed by atoms with Gasteiger partial charge in [0.1, 0.15) is 0 Å². The topological polar surface area (TPSA) is 71.2 Å². The molecule has 2 heterocycles. The van der Waals surface area contributed by atoms with E-state index in [1.165, 1.54) is 0 Å². The van der Waals surface area contributed by atoms with E-state index in [0.717, 1.165) is 19.4 Å². The van der Waals surface area contributed by atoms with Crippen molar-refractivity contribution in [3.63, 3.8) is 0 Å². The number of rotatable bonds is 2. The average molecular weight is 262 g/mol. The fourth-order valence-electron chi connectivity index (χ4n) is 2.46. The van der Waals surface area contributed by atoms with Crippen LogP contribution in [-0.2, 0) is 0 Å². The molecule has 1 aliphatic heterocycles. The molecule has 1 aromatic heterocycles. The highest BCUT2D eigenvalue weighted by atomic mass is 16.1. The number of carbonyl (C=O) groups excluding carboxylic acids is 1. The molecule has 1 aliphatic rings. The van der Waals surface area contributed by atoms with Gasteiger partial charge in [-0.3, -0.25) is 9.78 Å². The number of pyridine rings is 1. The van der Waals surface area contributed by atoms with Gasteiger partial charge in [-0.25, -0.2) is 0 Å². The smallest absolute Gasteiger partial charge is 0.253 e. The Labute approximate surface area is 114 Å². The monoisotopic (exact) mass is 262 g/mol. The van der Waals surface area contributed by atoms with Crippen molar-refractivity contribution in [1.82, 2.24) is 15.2 Å². The summed E-state index contributed by atoms with van der Waals surface area (Å²) in [7, 11) is 2.12. The minimum atomic E-state index is -0.0703. The van der Waals surface area contributed by atoms with Crippen LogP contribution in [0.1, 0.15) is 35.8 Å². The molecule has 0 aromatic carbocycles. The minimum Gasteiger partial charge on any atom is -0.397 e. The number of amides is 1. The summed E-state index contributed by atoms with van der Waals surface area (Å²) in [5.41, 5.74) is 7.50. The molecular formula is C14H22N4O. The van der Waals surface area contributed by atoms with E-state index in [4.69, 9.17) is 5.73 Å². The van der Waals surface area contributed by atoms with Crippen LogP contribution in [0.25, 0.3) is 0 Å². The van der Waals surface area contributed by atoms with Crippen molar-refractivity contribution < 1.29 is 4.79 Å². The van der Waals surface area contributed by atoms with E-state index in [1.54, 1.807) is 12.3 Å². The highest BCUT2D eigenvalue weighted by Crippen LogP contribution is 2.16. The maximum atomic E-state index is 12.3. The van der Waals surface area contributed by atoms with Gasteiger partial charge in [0.05, 0.1) is 23.1 Å². The Morgan fingerprint density at radius 3 is 3.00 bits per heavy atom. The third kappa shape index (κ3) is 3.23. The van der Waals surface area contributed by atoms with Gasteiger partial charge in [0.15, 0.2) is 0 Å². The molecule has 0 bridgehead atoms. The lowest BCUT2D eigenvalue weighted by molar-refractivity contribution is 0.0895. The van der Waals surface area contributed by atoms with Crippen LogP contribution in [0.4, 0.5) is 5.69 Å². The molecule has 5 nitrogen and oxygen atoms in total. The summed E-state index contributed by atoms with van der Waals surface area (Å²) < 4.78 is 0. The second kappa shape index (κ2) is 5.57. The molecule has 1 amide bonds. The molecule has 5 heteroatoms. The molecule has 0 spiro atoms. The van der Waals surface area contributed by atoms with Crippen molar-refractivity contribution in [3.8, 4) is 0 Å². The van der Waals surface area contributed by atoms with Gasteiger partial charge in [-0.05, 0) is 39.8 Å². The van der Waals surface area contributed by atoms with Crippen molar-refractivity contribution in [2.45, 2.75) is 38.8 Å². The molecule has 0 aliphatic carbocycles. The lowest BCUT2D eigenvalue weighted by atomic mass is 9.98. The molecule has 2 unspecified atom stereocenters. The number of nitrogen functional groups attached to an aromatic ring is 1. The predicted molar refractivity (Wildman–Crippen MR) is 76.0 cm³/mol. The Kier molecular flexibility index (Phi) is 4.04. The van der Waals surface area contributed by atoms with E-state index in [2.05, 4.69) is 29.2 Å². The lowest BCUT2D eigenvalue weighted by Gasteiger charge is -2.35. The van der Waals surface area contributed by atoms with Gasteiger partial charge in [-0.15, -0.1) is 0 Å². The van der Waals surface area contributed by atoms with Crippen LogP contribution in [0.2, 0.25) is 0 Å². The number of aromatic nitrogens is 1. The lowest BCUT2D eigenvalue weighted by Crippen LogP contribution is -2.47. The van der Waals surface area contributed by atoms with Crippen LogP contribution in [0, 0.1) is 6.92 Å². The van der Waals surface area contributed by atoms with Crippen LogP contribution < -0.4 is 11.1 Å². The Morgan fingerprint density at radius 2 is 2.32 bits per heavy atom. The van der Waals surface area contributed by atoms with Gasteiger partial charge in [0, 0.05) is 18.6 Å². The van der Waals surface area contributed by atoms with E-state index < -0.39 is 0 Å². The zero-order chi connectivity index (χ0) is 14.0. The first-order chi connectivity index (χ1) is 8.97. The second-order valence-electron chi connectivity index (χ2n) is 5.43. The van der Waals surface area contributed by atoms with E-state index in [9.17, 15) is 4.79 Å². The molecule has 2 rings (SSSR count). The van der Waals surface area contributed by atoms with Crippen LogP contribution in [0.15, 0.2) is 12.3 Å². The van der Waals surface area contributed by atoms with Gasteiger partial charge >= 0.3 is 0 Å². The van der Waals surface area contributed by atoms with Gasteiger partial charge in [-0.1, -0.05) is 0 Å². The summed E-state index contributed by atoms with van der Waals surface area (Å²) in [6.45, 7) is 5.03. The van der Waals surface area contributed by atoms with Crippen molar-refractivity contribution in [1.29, 1.82) is 0 Å². The fourth-order valence-corrected chi connectivity index (χ4v) is 2.46. The van der Waals surface area contributed by atoms with E-state index in [1.807, 2.05) is 6.92 Å². The van der Waals surface area contributed by atoms with Gasteiger partial charge in [0.2, 0.25) is 0 Å². The quantitative estimate of drug-likeness (QED) is 0.839. The summed E-state index contributed by atoms with van der Waals surface area (Å²) in [4.78, 5) is 18.7. The first kappa shape index (κ1) is 13.8. The number of carbonyl (C=O) groups is 1. The zero-order valence-electron chi connectivity index (χ0n) is 11.8. The molecule has 1 saturated heterocycles. The predicted octanol–water partition coefficient (Wildman–Crippen LogP) is 1.18. The van der Waals surface area contributed by atoms with Gasteiger partial charge in [0.25, 0.3) is 5.91 Å². The minimum absolute atomic E-state index is 0.0703. The number of nitrogens with one attached hydrogen (secondary N) is 1. The van der Waals surface area contributed by atoms with Gasteiger partial charge in [-0.2, -0.15) is 0 Å². The van der Waals surface area contributed by atoms with E-state index in [-0.39, 0.29) is 11.9 Å². The summed E-state index contributed by atoms with van der Waals surface area (Å²) in [5.74, 6) is -0.0703. The summed E-state index contributed by atoms with van der Waals surface area (Å²) in [5, 5.41) is 3.09. The molecule has 104 valence electrons. The summed E-state index contributed by atoms with van der Waals surface area (Å²) in [6, 6.07) is 2.43. The first-order valence-corrected chi connectivity index (χ1v) is 6.70. The summed E-state index contributed by atoms with van der Waals surface area (Å²) in [6.07, 6.45) is 3.54. The van der Waals surface area contributed by atoms with Crippen molar-refractivity contribution in [2.75, 3.05) is 19.3 Å². The first-order valence-electron chi connectivity index (χ1n) is 6.70. The van der Waals surface area contributed by atoms with E-state index in [0.29, 0.717) is 23.0 Å². The number of piperidine rings is 1. The van der Waals surface area contributed by atoms with Crippen LogP contribution >= 0.6 is 0 Å². The molecule has 2 atom stereocenters. The van der Waals surface area contributed by atoms with Crippen LogP contribution in [0.5, 0.6) is 0 Å². The molecule has 1 fully saturated rings. The van der Waals surface area contributed by atoms with E-state index >= 15 is 0 Å². The Hall–Kier alpha value is -1.62. The number of anilines is 1. The SMILES string of the molecule is Cc1ncc(N)cc1C(=O)NC1CCN(C)C(C)C1. The maximum Gasteiger partial charge on any atom is 0.253 e. The van der Waals surface area contributed by atoms with Crippen molar-refractivity contribution in [3.05, 3.63) is 23.5 Å². The van der Waals surface area contributed by atoms with Crippen molar-refractivity contribution in [2.24, 2.45) is 0 Å². The molecule has 19 heavy (non-hydrogen) atoms.